The quantitative estimate of drug-likeness (QED) is 0.547. The molecule has 1 aromatic heterocycles. The van der Waals surface area contributed by atoms with Crippen molar-refractivity contribution in [3.8, 4) is 0 Å². The Morgan fingerprint density at radius 2 is 1.58 bits per heavy atom. The van der Waals surface area contributed by atoms with Crippen molar-refractivity contribution in [2.24, 2.45) is 0 Å². The Labute approximate surface area is 154 Å². The molecule has 6 heteroatoms. The number of carbonyl (C=O) groups is 2. The molecule has 128 valence electrons. The van der Waals surface area contributed by atoms with Crippen molar-refractivity contribution in [1.29, 1.82) is 0 Å². The summed E-state index contributed by atoms with van der Waals surface area (Å²) in [6, 6.07) is 21.8. The first kappa shape index (κ1) is 16.2. The lowest BCUT2D eigenvalue weighted by Gasteiger charge is -2.10. The largest absolute Gasteiger partial charge is 0.450 e. The van der Waals surface area contributed by atoms with Crippen LogP contribution in [0.2, 0.25) is 0 Å². The summed E-state index contributed by atoms with van der Waals surface area (Å²) in [6.07, 6.45) is 1.54. The number of carbonyl (C=O) groups excluding carboxylic acids is 2. The lowest BCUT2D eigenvalue weighted by Crippen LogP contribution is -2.30. The molecule has 4 rings (SSSR count). The summed E-state index contributed by atoms with van der Waals surface area (Å²) < 4.78 is 5.74. The predicted molar refractivity (Wildman–Crippen MR) is 99.7 cm³/mol. The molecule has 2 heterocycles. The van der Waals surface area contributed by atoms with Crippen LogP contribution in [0.25, 0.3) is 6.08 Å². The van der Waals surface area contributed by atoms with Gasteiger partial charge in [0.2, 0.25) is 0 Å². The summed E-state index contributed by atoms with van der Waals surface area (Å²) in [5.41, 5.74) is 0.711. The minimum absolute atomic E-state index is 0.185. The van der Waals surface area contributed by atoms with Gasteiger partial charge in [-0.25, -0.2) is 9.69 Å². The minimum atomic E-state index is -0.474. The molecule has 0 atom stereocenters. The van der Waals surface area contributed by atoms with Crippen molar-refractivity contribution in [2.45, 2.75) is 9.99 Å². The molecule has 1 aliphatic heterocycles. The van der Waals surface area contributed by atoms with Crippen LogP contribution >= 0.6 is 11.8 Å². The fourth-order valence-electron chi connectivity index (χ4n) is 2.56. The van der Waals surface area contributed by atoms with Gasteiger partial charge in [-0.2, -0.15) is 0 Å². The second-order valence-electron chi connectivity index (χ2n) is 5.54. The van der Waals surface area contributed by atoms with Gasteiger partial charge >= 0.3 is 6.03 Å². The molecule has 1 saturated heterocycles. The van der Waals surface area contributed by atoms with E-state index in [-0.39, 0.29) is 5.70 Å². The molecule has 3 aromatic rings. The normalized spacial score (nSPS) is 15.5. The van der Waals surface area contributed by atoms with Crippen LogP contribution in [-0.4, -0.2) is 11.9 Å². The van der Waals surface area contributed by atoms with Crippen LogP contribution in [0.1, 0.15) is 5.76 Å². The lowest BCUT2D eigenvalue weighted by atomic mass is 10.3. The van der Waals surface area contributed by atoms with E-state index in [0.717, 1.165) is 9.80 Å². The molecule has 1 aliphatic rings. The maximum Gasteiger partial charge on any atom is 0.333 e. The highest BCUT2D eigenvalue weighted by molar-refractivity contribution is 7.99. The number of benzene rings is 2. The van der Waals surface area contributed by atoms with Crippen LogP contribution in [0.3, 0.4) is 0 Å². The Hall–Kier alpha value is -3.25. The molecule has 0 radical (unpaired) electrons. The van der Waals surface area contributed by atoms with Crippen LogP contribution in [0.4, 0.5) is 10.5 Å². The molecular formula is C20H14N2O3S. The van der Waals surface area contributed by atoms with Gasteiger partial charge < -0.3 is 9.73 Å². The number of nitrogens with one attached hydrogen (secondary N) is 1. The molecule has 0 saturated carbocycles. The molecule has 0 unspecified atom stereocenters. The second-order valence-corrected chi connectivity index (χ2v) is 6.61. The third kappa shape index (κ3) is 3.27. The summed E-state index contributed by atoms with van der Waals surface area (Å²) in [7, 11) is 0. The smallest absolute Gasteiger partial charge is 0.333 e. The zero-order valence-electron chi connectivity index (χ0n) is 13.6. The Morgan fingerprint density at radius 3 is 2.31 bits per heavy atom. The molecule has 1 fully saturated rings. The fraction of sp³-hybridized carbons (Fsp3) is 0. The van der Waals surface area contributed by atoms with E-state index in [2.05, 4.69) is 5.32 Å². The zero-order chi connectivity index (χ0) is 17.9. The maximum atomic E-state index is 12.5. The number of hydrogen-bond acceptors (Lipinski definition) is 4. The topological polar surface area (TPSA) is 62.6 Å². The van der Waals surface area contributed by atoms with E-state index in [4.69, 9.17) is 4.42 Å². The lowest BCUT2D eigenvalue weighted by molar-refractivity contribution is -0.113. The van der Waals surface area contributed by atoms with E-state index in [1.54, 1.807) is 30.3 Å². The summed E-state index contributed by atoms with van der Waals surface area (Å²) in [4.78, 5) is 26.9. The summed E-state index contributed by atoms with van der Waals surface area (Å²) in [5, 5.41) is 3.30. The molecule has 26 heavy (non-hydrogen) atoms. The standard InChI is InChI=1S/C20H14N2O3S/c23-19-17(21-20(24)22(19)14-7-3-1-4-8-14)13-15-11-12-18(25-15)26-16-9-5-2-6-10-16/h1-13H,(H,21,24)/b17-13+. The summed E-state index contributed by atoms with van der Waals surface area (Å²) in [6.45, 7) is 0. The number of amides is 3. The van der Waals surface area contributed by atoms with Crippen molar-refractivity contribution in [3.05, 3.63) is 84.3 Å². The van der Waals surface area contributed by atoms with E-state index in [1.807, 2.05) is 42.5 Å². The highest BCUT2D eigenvalue weighted by Crippen LogP contribution is 2.30. The maximum absolute atomic E-state index is 12.5. The Kier molecular flexibility index (Phi) is 4.33. The molecule has 1 N–H and O–H groups in total. The van der Waals surface area contributed by atoms with Crippen molar-refractivity contribution in [1.82, 2.24) is 5.32 Å². The average Bonchev–Trinajstić information content (AvgIpc) is 3.21. The van der Waals surface area contributed by atoms with E-state index in [9.17, 15) is 9.59 Å². The van der Waals surface area contributed by atoms with Gasteiger partial charge in [-0.15, -0.1) is 0 Å². The molecule has 0 bridgehead atoms. The number of imide groups is 1. The second kappa shape index (κ2) is 6.93. The van der Waals surface area contributed by atoms with Gasteiger partial charge in [0.05, 0.1) is 5.69 Å². The summed E-state index contributed by atoms with van der Waals surface area (Å²) >= 11 is 1.49. The number of hydrogen-bond donors (Lipinski definition) is 1. The third-order valence-electron chi connectivity index (χ3n) is 3.74. The number of anilines is 1. The van der Waals surface area contributed by atoms with Gasteiger partial charge in [-0.3, -0.25) is 4.79 Å². The monoisotopic (exact) mass is 362 g/mol. The van der Waals surface area contributed by atoms with Gasteiger partial charge in [-0.1, -0.05) is 48.2 Å². The first-order valence-electron chi connectivity index (χ1n) is 7.95. The predicted octanol–water partition coefficient (Wildman–Crippen LogP) is 4.53. The van der Waals surface area contributed by atoms with E-state index >= 15 is 0 Å². The van der Waals surface area contributed by atoms with Gasteiger partial charge in [-0.05, 0) is 36.4 Å². The molecule has 0 spiro atoms. The molecule has 2 aromatic carbocycles. The third-order valence-corrected chi connectivity index (χ3v) is 4.67. The first-order chi connectivity index (χ1) is 12.7. The highest BCUT2D eigenvalue weighted by atomic mass is 32.2. The van der Waals surface area contributed by atoms with E-state index in [0.29, 0.717) is 16.5 Å². The van der Waals surface area contributed by atoms with Gasteiger partial charge in [0.15, 0.2) is 5.09 Å². The van der Waals surface area contributed by atoms with Crippen LogP contribution in [0, 0.1) is 0 Å². The minimum Gasteiger partial charge on any atom is -0.450 e. The molecule has 5 nitrogen and oxygen atoms in total. The average molecular weight is 362 g/mol. The molecule has 0 aliphatic carbocycles. The SMILES string of the molecule is O=C1N/C(=C/c2ccc(Sc3ccccc3)o2)C(=O)N1c1ccccc1. The van der Waals surface area contributed by atoms with Crippen LogP contribution in [0.5, 0.6) is 0 Å². The highest BCUT2D eigenvalue weighted by Gasteiger charge is 2.34. The van der Waals surface area contributed by atoms with Gasteiger partial charge in [0, 0.05) is 11.0 Å². The van der Waals surface area contributed by atoms with E-state index in [1.165, 1.54) is 17.8 Å². The number of furan rings is 1. The first-order valence-corrected chi connectivity index (χ1v) is 8.77. The van der Waals surface area contributed by atoms with Crippen molar-refractivity contribution in [3.63, 3.8) is 0 Å². The fourth-order valence-corrected chi connectivity index (χ4v) is 3.36. The van der Waals surface area contributed by atoms with Gasteiger partial charge in [0.25, 0.3) is 5.91 Å². The zero-order valence-corrected chi connectivity index (χ0v) is 14.4. The number of para-hydroxylation sites is 1. The van der Waals surface area contributed by atoms with Crippen LogP contribution < -0.4 is 10.2 Å². The Morgan fingerprint density at radius 1 is 0.885 bits per heavy atom. The van der Waals surface area contributed by atoms with Crippen LogP contribution in [-0.2, 0) is 4.79 Å². The Bertz CT molecular complexity index is 981. The van der Waals surface area contributed by atoms with Crippen molar-refractivity contribution in [2.75, 3.05) is 4.90 Å². The number of rotatable bonds is 4. The summed E-state index contributed by atoms with van der Waals surface area (Å²) in [5.74, 6) is 0.0943. The Balaban J connectivity index is 1.54. The number of nitrogens with zero attached hydrogens (tertiary/aromatic N) is 1. The van der Waals surface area contributed by atoms with E-state index < -0.39 is 11.9 Å². The van der Waals surface area contributed by atoms with Crippen molar-refractivity contribution >= 4 is 35.5 Å². The number of urea groups is 1. The molecule has 3 amide bonds. The van der Waals surface area contributed by atoms with Crippen LogP contribution in [0.15, 0.2) is 92.9 Å². The van der Waals surface area contributed by atoms with Gasteiger partial charge in [0.1, 0.15) is 11.5 Å². The molecular weight excluding hydrogens is 348 g/mol. The van der Waals surface area contributed by atoms with Crippen molar-refractivity contribution < 1.29 is 14.0 Å².